The van der Waals surface area contributed by atoms with Gasteiger partial charge in [0.2, 0.25) is 15.9 Å². The molecule has 0 spiro atoms. The largest absolute Gasteiger partial charge is 0.345 e. The number of anilines is 1. The molecular formula is C25H29ClN4O3S2. The Hall–Kier alpha value is -2.20. The minimum absolute atomic E-state index is 0.0524. The van der Waals surface area contributed by atoms with Gasteiger partial charge in [-0.05, 0) is 62.1 Å². The molecule has 0 saturated carbocycles. The van der Waals surface area contributed by atoms with Gasteiger partial charge in [0.05, 0.1) is 21.0 Å². The molecule has 186 valence electrons. The summed E-state index contributed by atoms with van der Waals surface area (Å²) < 4.78 is 28.9. The normalized spacial score (nSPS) is 19.9. The summed E-state index contributed by atoms with van der Waals surface area (Å²) in [7, 11) is -3.65. The van der Waals surface area contributed by atoms with Crippen molar-refractivity contribution < 1.29 is 13.2 Å². The summed E-state index contributed by atoms with van der Waals surface area (Å²) in [4.78, 5) is 22.6. The fourth-order valence-electron chi connectivity index (χ4n) is 4.88. The van der Waals surface area contributed by atoms with Gasteiger partial charge in [0, 0.05) is 44.3 Å². The quantitative estimate of drug-likeness (QED) is 0.500. The molecule has 1 atom stereocenters. The first-order valence-corrected chi connectivity index (χ1v) is 14.5. The van der Waals surface area contributed by atoms with Crippen molar-refractivity contribution in [2.75, 3.05) is 44.2 Å². The number of hydrogen-bond acceptors (Lipinski definition) is 6. The average molecular weight is 533 g/mol. The lowest BCUT2D eigenvalue weighted by molar-refractivity contribution is -0.137. The van der Waals surface area contributed by atoms with Crippen LogP contribution in [-0.2, 0) is 14.8 Å². The molecule has 1 aromatic heterocycles. The van der Waals surface area contributed by atoms with Gasteiger partial charge in [0.25, 0.3) is 0 Å². The summed E-state index contributed by atoms with van der Waals surface area (Å²) in [5, 5.41) is 1.49. The number of rotatable bonds is 4. The van der Waals surface area contributed by atoms with Gasteiger partial charge in [-0.25, -0.2) is 13.4 Å². The fraction of sp³-hybridized carbons (Fsp3) is 0.440. The number of piperidine rings is 1. The Morgan fingerprint density at radius 2 is 1.69 bits per heavy atom. The van der Waals surface area contributed by atoms with E-state index < -0.39 is 10.0 Å². The second kappa shape index (κ2) is 9.69. The number of benzene rings is 2. The third-order valence-corrected chi connectivity index (χ3v) is 10.4. The number of fused-ring (bicyclic) bond motifs is 1. The van der Waals surface area contributed by atoms with E-state index in [9.17, 15) is 13.2 Å². The summed E-state index contributed by atoms with van der Waals surface area (Å²) in [6.45, 7) is 7.54. The van der Waals surface area contributed by atoms with Crippen LogP contribution in [0.25, 0.3) is 10.2 Å². The highest BCUT2D eigenvalue weighted by Crippen LogP contribution is 2.34. The van der Waals surface area contributed by atoms with Crippen LogP contribution < -0.4 is 4.90 Å². The molecule has 2 saturated heterocycles. The second-order valence-electron chi connectivity index (χ2n) is 9.34. The molecular weight excluding hydrogens is 504 g/mol. The lowest BCUT2D eigenvalue weighted by Crippen LogP contribution is -2.53. The van der Waals surface area contributed by atoms with Crippen LogP contribution in [0.15, 0.2) is 41.3 Å². The van der Waals surface area contributed by atoms with E-state index >= 15 is 0 Å². The van der Waals surface area contributed by atoms with Crippen molar-refractivity contribution in [2.24, 2.45) is 5.92 Å². The molecule has 0 radical (unpaired) electrons. The number of aryl methyl sites for hydroxylation is 2. The van der Waals surface area contributed by atoms with Gasteiger partial charge >= 0.3 is 0 Å². The zero-order valence-corrected chi connectivity index (χ0v) is 22.3. The molecule has 2 aromatic carbocycles. The molecule has 2 aliphatic heterocycles. The van der Waals surface area contributed by atoms with Crippen molar-refractivity contribution in [3.05, 3.63) is 52.5 Å². The molecule has 7 nitrogen and oxygen atoms in total. The zero-order valence-electron chi connectivity index (χ0n) is 19.9. The molecule has 0 bridgehead atoms. The van der Waals surface area contributed by atoms with Gasteiger partial charge in [0.1, 0.15) is 0 Å². The number of amides is 1. The first-order valence-electron chi connectivity index (χ1n) is 11.9. The van der Waals surface area contributed by atoms with E-state index in [1.807, 2.05) is 4.90 Å². The molecule has 35 heavy (non-hydrogen) atoms. The van der Waals surface area contributed by atoms with Crippen LogP contribution in [-0.4, -0.2) is 67.8 Å². The second-order valence-corrected chi connectivity index (χ2v) is 12.7. The zero-order chi connectivity index (χ0) is 24.7. The van der Waals surface area contributed by atoms with Crippen molar-refractivity contribution >= 4 is 54.2 Å². The molecule has 2 fully saturated rings. The Kier molecular flexibility index (Phi) is 6.78. The van der Waals surface area contributed by atoms with Crippen LogP contribution in [0, 0.1) is 19.8 Å². The van der Waals surface area contributed by atoms with Gasteiger partial charge < -0.3 is 9.80 Å². The van der Waals surface area contributed by atoms with Crippen molar-refractivity contribution in [1.82, 2.24) is 14.2 Å². The first-order chi connectivity index (χ1) is 16.7. The predicted octanol–water partition coefficient (Wildman–Crippen LogP) is 4.32. The smallest absolute Gasteiger partial charge is 0.243 e. The van der Waals surface area contributed by atoms with Gasteiger partial charge in [-0.3, -0.25) is 4.79 Å². The molecule has 1 amide bonds. The van der Waals surface area contributed by atoms with Crippen molar-refractivity contribution in [3.8, 4) is 0 Å². The third kappa shape index (κ3) is 4.79. The summed E-state index contributed by atoms with van der Waals surface area (Å²) >= 11 is 7.63. The summed E-state index contributed by atoms with van der Waals surface area (Å²) in [6.07, 6.45) is 1.38. The molecule has 3 heterocycles. The Morgan fingerprint density at radius 1 is 1.00 bits per heavy atom. The number of sulfonamides is 1. The maximum atomic E-state index is 13.3. The highest BCUT2D eigenvalue weighted by molar-refractivity contribution is 7.89. The van der Waals surface area contributed by atoms with E-state index in [1.54, 1.807) is 23.5 Å². The van der Waals surface area contributed by atoms with E-state index in [0.717, 1.165) is 23.7 Å². The Labute approximate surface area is 215 Å². The van der Waals surface area contributed by atoms with Crippen LogP contribution >= 0.6 is 22.9 Å². The Balaban J connectivity index is 1.23. The number of carbonyl (C=O) groups excluding carboxylic acids is 1. The molecule has 0 aliphatic carbocycles. The van der Waals surface area contributed by atoms with E-state index in [-0.39, 0.29) is 23.3 Å². The van der Waals surface area contributed by atoms with Gasteiger partial charge in [-0.15, -0.1) is 0 Å². The van der Waals surface area contributed by atoms with Crippen LogP contribution in [0.4, 0.5) is 5.13 Å². The minimum atomic E-state index is -3.65. The minimum Gasteiger partial charge on any atom is -0.345 e. The number of hydrogen-bond donors (Lipinski definition) is 0. The number of halogens is 1. The highest BCUT2D eigenvalue weighted by Gasteiger charge is 2.36. The average Bonchev–Trinajstić information content (AvgIpc) is 3.33. The third-order valence-electron chi connectivity index (χ3n) is 6.98. The van der Waals surface area contributed by atoms with Crippen LogP contribution in [0.3, 0.4) is 0 Å². The first kappa shape index (κ1) is 24.5. The summed E-state index contributed by atoms with van der Waals surface area (Å²) in [5.74, 6) is -0.262. The number of thiazole rings is 1. The fourth-order valence-corrected chi connectivity index (χ4v) is 7.69. The molecule has 5 rings (SSSR count). The Bertz CT molecular complexity index is 1310. The van der Waals surface area contributed by atoms with Crippen LogP contribution in [0.5, 0.6) is 0 Å². The highest BCUT2D eigenvalue weighted by atomic mass is 35.5. The van der Waals surface area contributed by atoms with Crippen molar-refractivity contribution in [3.63, 3.8) is 0 Å². The summed E-state index contributed by atoms with van der Waals surface area (Å²) in [6, 6.07) is 10.4. The number of nitrogens with zero attached hydrogens (tertiary/aromatic N) is 4. The monoisotopic (exact) mass is 532 g/mol. The van der Waals surface area contributed by atoms with Crippen LogP contribution in [0.1, 0.15) is 24.0 Å². The SMILES string of the molecule is Cc1ccc(C)c2sc(N3CCN(C(=O)C4CCCN(S(=O)(=O)c5ccc(Cl)cc5)C4)CC3)nc12. The molecule has 0 N–H and O–H groups in total. The molecule has 2 aliphatic rings. The van der Waals surface area contributed by atoms with Crippen molar-refractivity contribution in [1.29, 1.82) is 0 Å². The maximum absolute atomic E-state index is 13.3. The standard InChI is InChI=1S/C25H29ClN4O3S2/c1-17-5-6-18(2)23-22(17)27-25(34-23)29-14-12-28(13-15-29)24(31)19-4-3-11-30(16-19)35(32,33)21-9-7-20(26)8-10-21/h5-10,19H,3-4,11-16H2,1-2H3. The van der Waals surface area contributed by atoms with Gasteiger partial charge in [-0.1, -0.05) is 35.1 Å². The van der Waals surface area contributed by atoms with E-state index in [0.29, 0.717) is 37.5 Å². The number of carbonyl (C=O) groups is 1. The molecule has 10 heteroatoms. The van der Waals surface area contributed by atoms with Gasteiger partial charge in [-0.2, -0.15) is 4.31 Å². The van der Waals surface area contributed by atoms with E-state index in [2.05, 4.69) is 30.9 Å². The number of aromatic nitrogens is 1. The topological polar surface area (TPSA) is 73.8 Å². The maximum Gasteiger partial charge on any atom is 0.243 e. The van der Waals surface area contributed by atoms with E-state index in [4.69, 9.17) is 16.6 Å². The van der Waals surface area contributed by atoms with Crippen LogP contribution in [0.2, 0.25) is 5.02 Å². The lowest BCUT2D eigenvalue weighted by atomic mass is 9.98. The Morgan fingerprint density at radius 3 is 2.37 bits per heavy atom. The lowest BCUT2D eigenvalue weighted by Gasteiger charge is -2.38. The number of piperazine rings is 1. The van der Waals surface area contributed by atoms with Gasteiger partial charge in [0.15, 0.2) is 5.13 Å². The molecule has 1 unspecified atom stereocenters. The predicted molar refractivity (Wildman–Crippen MR) is 141 cm³/mol. The summed E-state index contributed by atoms with van der Waals surface area (Å²) in [5.41, 5.74) is 3.48. The van der Waals surface area contributed by atoms with E-state index in [1.165, 1.54) is 32.3 Å². The molecule has 3 aromatic rings. The van der Waals surface area contributed by atoms with Crippen molar-refractivity contribution in [2.45, 2.75) is 31.6 Å².